The molecule has 2 heteroatoms. The monoisotopic (exact) mass is 197 g/mol. The van der Waals surface area contributed by atoms with Gasteiger partial charge in [0.05, 0.1) is 0 Å². The van der Waals surface area contributed by atoms with E-state index >= 15 is 0 Å². The normalized spacial score (nSPS) is 12.5. The summed E-state index contributed by atoms with van der Waals surface area (Å²) in [6, 6.07) is 0. The van der Waals surface area contributed by atoms with E-state index in [0.717, 1.165) is 18.4 Å². The van der Waals surface area contributed by atoms with Crippen LogP contribution in [0.2, 0.25) is 0 Å². The summed E-state index contributed by atoms with van der Waals surface area (Å²) in [4.78, 5) is 10.9. The van der Waals surface area contributed by atoms with Gasteiger partial charge in [-0.15, -0.1) is 0 Å². The molecule has 0 radical (unpaired) electrons. The number of allylic oxidation sites excluding steroid dienone is 2. The lowest BCUT2D eigenvalue weighted by Gasteiger charge is -2.03. The minimum atomic E-state index is 0.0101. The standard InChI is InChI=1S/C8H11NO.2C2H6/c1-9-8(10)7-5-3-2-4-6-7;2*1-2/h3,5-6H,2,4H2,1H3,(H,9,10);2*1-2H3. The van der Waals surface area contributed by atoms with Crippen LogP contribution in [-0.2, 0) is 4.79 Å². The second-order valence-corrected chi connectivity index (χ2v) is 2.22. The fourth-order valence-corrected chi connectivity index (χ4v) is 0.926. The Morgan fingerprint density at radius 2 is 1.79 bits per heavy atom. The van der Waals surface area contributed by atoms with E-state index in [4.69, 9.17) is 0 Å². The first-order chi connectivity index (χ1) is 6.84. The Balaban J connectivity index is 0. The molecular formula is C12H23NO. The molecule has 0 fully saturated rings. The number of amides is 1. The molecule has 0 atom stereocenters. The maximum atomic E-state index is 10.9. The van der Waals surface area contributed by atoms with Crippen LogP contribution in [0, 0.1) is 0 Å². The summed E-state index contributed by atoms with van der Waals surface area (Å²) in [5.74, 6) is 0.0101. The van der Waals surface area contributed by atoms with Crippen molar-refractivity contribution in [2.75, 3.05) is 7.05 Å². The fourth-order valence-electron chi connectivity index (χ4n) is 0.926. The summed E-state index contributed by atoms with van der Waals surface area (Å²) in [5.41, 5.74) is 0.786. The zero-order chi connectivity index (χ0) is 11.4. The first-order valence-corrected chi connectivity index (χ1v) is 5.43. The summed E-state index contributed by atoms with van der Waals surface area (Å²) in [5, 5.41) is 2.58. The van der Waals surface area contributed by atoms with Gasteiger partial charge in [0.1, 0.15) is 0 Å². The number of hydrogen-bond donors (Lipinski definition) is 1. The van der Waals surface area contributed by atoms with Crippen LogP contribution in [0.15, 0.2) is 23.8 Å². The van der Waals surface area contributed by atoms with Gasteiger partial charge in [0, 0.05) is 12.6 Å². The van der Waals surface area contributed by atoms with Gasteiger partial charge in [0.25, 0.3) is 5.91 Å². The summed E-state index contributed by atoms with van der Waals surface area (Å²) >= 11 is 0. The van der Waals surface area contributed by atoms with Gasteiger partial charge in [-0.05, 0) is 12.8 Å². The highest BCUT2D eigenvalue weighted by atomic mass is 16.1. The molecule has 0 heterocycles. The second-order valence-electron chi connectivity index (χ2n) is 2.22. The number of hydrogen-bond acceptors (Lipinski definition) is 1. The predicted octanol–water partition coefficient (Wildman–Crippen LogP) is 3.06. The molecule has 1 aliphatic rings. The van der Waals surface area contributed by atoms with Crippen molar-refractivity contribution in [1.29, 1.82) is 0 Å². The van der Waals surface area contributed by atoms with Gasteiger partial charge in [-0.1, -0.05) is 45.9 Å². The Labute approximate surface area is 88.1 Å². The summed E-state index contributed by atoms with van der Waals surface area (Å²) in [6.07, 6.45) is 7.88. The number of likely N-dealkylation sites (N-methyl/N-ethyl adjacent to an activating group) is 1. The van der Waals surface area contributed by atoms with E-state index in [2.05, 4.69) is 5.32 Å². The van der Waals surface area contributed by atoms with Gasteiger partial charge in [-0.25, -0.2) is 0 Å². The highest BCUT2D eigenvalue weighted by Gasteiger charge is 2.03. The molecule has 14 heavy (non-hydrogen) atoms. The maximum Gasteiger partial charge on any atom is 0.250 e. The van der Waals surface area contributed by atoms with Crippen molar-refractivity contribution >= 4 is 5.91 Å². The van der Waals surface area contributed by atoms with E-state index in [0.29, 0.717) is 0 Å². The van der Waals surface area contributed by atoms with Crippen LogP contribution in [-0.4, -0.2) is 13.0 Å². The summed E-state index contributed by atoms with van der Waals surface area (Å²) in [7, 11) is 1.64. The third kappa shape index (κ3) is 6.46. The zero-order valence-corrected chi connectivity index (χ0v) is 10.1. The molecule has 1 N–H and O–H groups in total. The van der Waals surface area contributed by atoms with Gasteiger partial charge in [-0.2, -0.15) is 0 Å². The Kier molecular flexibility index (Phi) is 13.2. The highest BCUT2D eigenvalue weighted by molar-refractivity contribution is 5.96. The Hall–Kier alpha value is -1.05. The SMILES string of the molecule is CC.CC.CNC(=O)C1=CCCC=C1. The van der Waals surface area contributed by atoms with Gasteiger partial charge in [-0.3, -0.25) is 4.79 Å². The largest absolute Gasteiger partial charge is 0.355 e. The summed E-state index contributed by atoms with van der Waals surface area (Å²) in [6.45, 7) is 8.00. The molecule has 0 saturated heterocycles. The van der Waals surface area contributed by atoms with E-state index in [1.54, 1.807) is 7.05 Å². The van der Waals surface area contributed by atoms with Crippen LogP contribution in [0.4, 0.5) is 0 Å². The average molecular weight is 197 g/mol. The van der Waals surface area contributed by atoms with Gasteiger partial charge in [0.15, 0.2) is 0 Å². The molecule has 2 nitrogen and oxygen atoms in total. The lowest BCUT2D eigenvalue weighted by molar-refractivity contribution is -0.116. The first kappa shape index (κ1) is 15.4. The second kappa shape index (κ2) is 11.9. The first-order valence-electron chi connectivity index (χ1n) is 5.43. The molecule has 0 unspecified atom stereocenters. The topological polar surface area (TPSA) is 29.1 Å². The lowest BCUT2D eigenvalue weighted by Crippen LogP contribution is -2.19. The molecule has 0 aromatic rings. The van der Waals surface area contributed by atoms with Crippen molar-refractivity contribution in [2.45, 2.75) is 40.5 Å². The van der Waals surface area contributed by atoms with Crippen molar-refractivity contribution in [1.82, 2.24) is 5.32 Å². The van der Waals surface area contributed by atoms with E-state index in [1.165, 1.54) is 0 Å². The number of carbonyl (C=O) groups is 1. The fraction of sp³-hybridized carbons (Fsp3) is 0.583. The smallest absolute Gasteiger partial charge is 0.250 e. The quantitative estimate of drug-likeness (QED) is 0.687. The average Bonchev–Trinajstić information content (AvgIpc) is 2.34. The van der Waals surface area contributed by atoms with Crippen LogP contribution < -0.4 is 5.32 Å². The highest BCUT2D eigenvalue weighted by Crippen LogP contribution is 2.08. The minimum absolute atomic E-state index is 0.0101. The Morgan fingerprint density at radius 1 is 1.21 bits per heavy atom. The minimum Gasteiger partial charge on any atom is -0.355 e. The number of nitrogens with one attached hydrogen (secondary N) is 1. The van der Waals surface area contributed by atoms with Gasteiger partial charge < -0.3 is 5.32 Å². The third-order valence-corrected chi connectivity index (χ3v) is 1.48. The molecule has 1 amide bonds. The molecule has 0 saturated carbocycles. The van der Waals surface area contributed by atoms with Crippen molar-refractivity contribution in [3.63, 3.8) is 0 Å². The van der Waals surface area contributed by atoms with Crippen LogP contribution in [0.25, 0.3) is 0 Å². The number of carbonyl (C=O) groups excluding carboxylic acids is 1. The van der Waals surface area contributed by atoms with Crippen LogP contribution in [0.1, 0.15) is 40.5 Å². The van der Waals surface area contributed by atoms with Crippen molar-refractivity contribution < 1.29 is 4.79 Å². The van der Waals surface area contributed by atoms with Gasteiger partial charge >= 0.3 is 0 Å². The molecule has 0 aromatic heterocycles. The molecule has 0 bridgehead atoms. The van der Waals surface area contributed by atoms with E-state index in [9.17, 15) is 4.79 Å². The molecule has 1 rings (SSSR count). The van der Waals surface area contributed by atoms with Crippen LogP contribution in [0.3, 0.4) is 0 Å². The Bertz CT molecular complexity index is 192. The van der Waals surface area contributed by atoms with Crippen LogP contribution >= 0.6 is 0 Å². The molecule has 1 aliphatic carbocycles. The zero-order valence-electron chi connectivity index (χ0n) is 10.1. The molecule has 0 spiro atoms. The molecular weight excluding hydrogens is 174 g/mol. The Morgan fingerprint density at radius 3 is 2.14 bits per heavy atom. The molecule has 82 valence electrons. The maximum absolute atomic E-state index is 10.9. The van der Waals surface area contributed by atoms with Crippen molar-refractivity contribution in [3.8, 4) is 0 Å². The number of rotatable bonds is 1. The summed E-state index contributed by atoms with van der Waals surface area (Å²) < 4.78 is 0. The van der Waals surface area contributed by atoms with Crippen LogP contribution in [0.5, 0.6) is 0 Å². The third-order valence-electron chi connectivity index (χ3n) is 1.48. The van der Waals surface area contributed by atoms with Gasteiger partial charge in [0.2, 0.25) is 0 Å². The van der Waals surface area contributed by atoms with E-state index in [-0.39, 0.29) is 5.91 Å². The van der Waals surface area contributed by atoms with E-state index < -0.39 is 0 Å². The van der Waals surface area contributed by atoms with E-state index in [1.807, 2.05) is 45.9 Å². The lowest BCUT2D eigenvalue weighted by atomic mass is 10.1. The van der Waals surface area contributed by atoms with Crippen molar-refractivity contribution in [3.05, 3.63) is 23.8 Å². The molecule has 0 aliphatic heterocycles. The molecule has 0 aromatic carbocycles. The van der Waals surface area contributed by atoms with Crippen molar-refractivity contribution in [2.24, 2.45) is 0 Å². The predicted molar refractivity (Wildman–Crippen MR) is 63.2 cm³/mol.